The molecular weight excluding hydrogens is 326 g/mol. The number of nitro benzene ring substituents is 1. The molecule has 0 radical (unpaired) electrons. The molecule has 8 nitrogen and oxygen atoms in total. The van der Waals surface area contributed by atoms with Crippen LogP contribution in [-0.4, -0.2) is 23.0 Å². The number of nitriles is 1. The van der Waals surface area contributed by atoms with Crippen LogP contribution in [0.1, 0.15) is 5.56 Å². The minimum absolute atomic E-state index is 0.238. The summed E-state index contributed by atoms with van der Waals surface area (Å²) in [6.45, 7) is 0. The summed E-state index contributed by atoms with van der Waals surface area (Å²) < 4.78 is 5.05. The van der Waals surface area contributed by atoms with Gasteiger partial charge in [0, 0.05) is 17.8 Å². The summed E-state index contributed by atoms with van der Waals surface area (Å²) in [5.74, 6) is -0.637. The van der Waals surface area contributed by atoms with Gasteiger partial charge in [-0.2, -0.15) is 5.26 Å². The Labute approximate surface area is 142 Å². The van der Waals surface area contributed by atoms with Crippen molar-refractivity contribution in [2.75, 3.05) is 12.4 Å². The van der Waals surface area contributed by atoms with Gasteiger partial charge in [-0.25, -0.2) is 0 Å². The number of rotatable bonds is 5. The van der Waals surface area contributed by atoms with Crippen molar-refractivity contribution in [3.8, 4) is 17.6 Å². The average molecular weight is 339 g/mol. The van der Waals surface area contributed by atoms with Crippen LogP contribution in [0.5, 0.6) is 11.5 Å². The van der Waals surface area contributed by atoms with Crippen molar-refractivity contribution in [2.45, 2.75) is 0 Å². The lowest BCUT2D eigenvalue weighted by atomic mass is 10.1. The average Bonchev–Trinajstić information content (AvgIpc) is 2.60. The number of phenols is 1. The van der Waals surface area contributed by atoms with Gasteiger partial charge in [0.2, 0.25) is 0 Å². The maximum absolute atomic E-state index is 12.2. The molecule has 126 valence electrons. The molecule has 0 aromatic heterocycles. The minimum atomic E-state index is -0.755. The Kier molecular flexibility index (Phi) is 5.32. The Morgan fingerprint density at radius 3 is 2.76 bits per heavy atom. The summed E-state index contributed by atoms with van der Waals surface area (Å²) in [5.41, 5.74) is -0.0916. The Hall–Kier alpha value is -3.86. The predicted molar refractivity (Wildman–Crippen MR) is 90.0 cm³/mol. The minimum Gasteiger partial charge on any atom is -0.502 e. The van der Waals surface area contributed by atoms with E-state index in [1.165, 1.54) is 19.3 Å². The van der Waals surface area contributed by atoms with Gasteiger partial charge >= 0.3 is 5.69 Å². The number of aromatic hydroxyl groups is 1. The number of anilines is 1. The summed E-state index contributed by atoms with van der Waals surface area (Å²) in [5, 5.41) is 32.0. The molecule has 2 rings (SSSR count). The molecule has 2 N–H and O–H groups in total. The maximum Gasteiger partial charge on any atom is 0.311 e. The van der Waals surface area contributed by atoms with Crippen molar-refractivity contribution in [3.05, 3.63) is 63.7 Å². The third kappa shape index (κ3) is 4.33. The molecule has 2 aromatic carbocycles. The molecule has 25 heavy (non-hydrogen) atoms. The third-order valence-corrected chi connectivity index (χ3v) is 3.20. The molecule has 2 aromatic rings. The zero-order valence-electron chi connectivity index (χ0n) is 13.1. The highest BCUT2D eigenvalue weighted by Crippen LogP contribution is 2.27. The number of benzene rings is 2. The monoisotopic (exact) mass is 339 g/mol. The number of carbonyl (C=O) groups is 1. The lowest BCUT2D eigenvalue weighted by molar-refractivity contribution is -0.385. The molecule has 0 heterocycles. The normalized spacial score (nSPS) is 10.6. The molecule has 0 aliphatic heterocycles. The molecule has 0 atom stereocenters. The third-order valence-electron chi connectivity index (χ3n) is 3.20. The van der Waals surface area contributed by atoms with Gasteiger partial charge in [0.15, 0.2) is 5.75 Å². The van der Waals surface area contributed by atoms with Crippen LogP contribution in [0.15, 0.2) is 48.0 Å². The van der Waals surface area contributed by atoms with Gasteiger partial charge in [0.05, 0.1) is 12.0 Å². The standard InChI is InChI=1S/C17H13N3O5/c1-25-14-4-2-3-13(9-14)19-17(22)12(10-18)7-11-5-6-16(21)15(8-11)20(23)24/h2-9,21H,1H3,(H,19,22)/b12-7-. The van der Waals surface area contributed by atoms with Gasteiger partial charge in [-0.05, 0) is 29.8 Å². The second-order valence-corrected chi connectivity index (χ2v) is 4.86. The molecule has 0 aliphatic carbocycles. The van der Waals surface area contributed by atoms with E-state index in [4.69, 9.17) is 4.74 Å². The van der Waals surface area contributed by atoms with E-state index in [0.717, 1.165) is 12.1 Å². The molecule has 0 saturated carbocycles. The number of hydrogen-bond acceptors (Lipinski definition) is 6. The number of methoxy groups -OCH3 is 1. The molecule has 0 aliphatic rings. The van der Waals surface area contributed by atoms with Crippen molar-refractivity contribution in [3.63, 3.8) is 0 Å². The van der Waals surface area contributed by atoms with E-state index in [-0.39, 0.29) is 11.1 Å². The zero-order chi connectivity index (χ0) is 18.4. The van der Waals surface area contributed by atoms with Crippen LogP contribution in [0.3, 0.4) is 0 Å². The first-order valence-corrected chi connectivity index (χ1v) is 6.99. The Morgan fingerprint density at radius 2 is 2.12 bits per heavy atom. The first-order valence-electron chi connectivity index (χ1n) is 6.99. The fourth-order valence-electron chi connectivity index (χ4n) is 1.99. The van der Waals surface area contributed by atoms with E-state index in [0.29, 0.717) is 11.4 Å². The van der Waals surface area contributed by atoms with Gasteiger partial charge in [-0.1, -0.05) is 12.1 Å². The van der Waals surface area contributed by atoms with E-state index in [1.807, 2.05) is 0 Å². The van der Waals surface area contributed by atoms with E-state index in [9.17, 15) is 25.3 Å². The van der Waals surface area contributed by atoms with Crippen LogP contribution >= 0.6 is 0 Å². The molecule has 0 unspecified atom stereocenters. The van der Waals surface area contributed by atoms with Crippen molar-refractivity contribution >= 4 is 23.4 Å². The van der Waals surface area contributed by atoms with Crippen LogP contribution in [0.25, 0.3) is 6.08 Å². The van der Waals surface area contributed by atoms with Gasteiger partial charge in [0.25, 0.3) is 5.91 Å². The van der Waals surface area contributed by atoms with Crippen LogP contribution < -0.4 is 10.1 Å². The largest absolute Gasteiger partial charge is 0.502 e. The van der Waals surface area contributed by atoms with Gasteiger partial charge in [0.1, 0.15) is 17.4 Å². The first kappa shape index (κ1) is 17.5. The Balaban J connectivity index is 2.28. The number of phenolic OH excluding ortho intramolecular Hbond substituents is 1. The molecule has 1 amide bonds. The lowest BCUT2D eigenvalue weighted by Gasteiger charge is -2.06. The van der Waals surface area contributed by atoms with Crippen LogP contribution in [-0.2, 0) is 4.79 Å². The van der Waals surface area contributed by atoms with E-state index < -0.39 is 22.3 Å². The lowest BCUT2D eigenvalue weighted by Crippen LogP contribution is -2.13. The first-order chi connectivity index (χ1) is 11.9. The number of carbonyl (C=O) groups excluding carboxylic acids is 1. The highest BCUT2D eigenvalue weighted by molar-refractivity contribution is 6.09. The summed E-state index contributed by atoms with van der Waals surface area (Å²) in [6.07, 6.45) is 1.20. The molecular formula is C17H13N3O5. The second kappa shape index (κ2) is 7.61. The molecule has 0 saturated heterocycles. The molecule has 0 fully saturated rings. The fraction of sp³-hybridized carbons (Fsp3) is 0.0588. The summed E-state index contributed by atoms with van der Waals surface area (Å²) in [6, 6.07) is 11.9. The number of nitro groups is 1. The molecule has 8 heteroatoms. The van der Waals surface area contributed by atoms with Crippen molar-refractivity contribution in [2.24, 2.45) is 0 Å². The van der Waals surface area contributed by atoms with Crippen LogP contribution in [0.4, 0.5) is 11.4 Å². The quantitative estimate of drug-likeness (QED) is 0.373. The zero-order valence-corrected chi connectivity index (χ0v) is 13.1. The number of amides is 1. The topological polar surface area (TPSA) is 125 Å². The van der Waals surface area contributed by atoms with Crippen molar-refractivity contribution < 1.29 is 19.6 Å². The number of nitrogens with zero attached hydrogens (tertiary/aromatic N) is 2. The number of ether oxygens (including phenoxy) is 1. The van der Waals surface area contributed by atoms with Crippen LogP contribution in [0, 0.1) is 21.4 Å². The van der Waals surface area contributed by atoms with Gasteiger partial charge < -0.3 is 15.2 Å². The highest BCUT2D eigenvalue weighted by Gasteiger charge is 2.15. The number of nitrogens with one attached hydrogen (secondary N) is 1. The highest BCUT2D eigenvalue weighted by atomic mass is 16.6. The molecule has 0 spiro atoms. The van der Waals surface area contributed by atoms with Gasteiger partial charge in [-0.15, -0.1) is 0 Å². The fourth-order valence-corrected chi connectivity index (χ4v) is 1.99. The van der Waals surface area contributed by atoms with Gasteiger partial charge in [-0.3, -0.25) is 14.9 Å². The Bertz CT molecular complexity index is 899. The van der Waals surface area contributed by atoms with Crippen molar-refractivity contribution in [1.29, 1.82) is 5.26 Å². The summed E-state index contributed by atoms with van der Waals surface area (Å²) in [4.78, 5) is 22.3. The second-order valence-electron chi connectivity index (χ2n) is 4.86. The predicted octanol–water partition coefficient (Wildman–Crippen LogP) is 2.85. The smallest absolute Gasteiger partial charge is 0.311 e. The summed E-state index contributed by atoms with van der Waals surface area (Å²) >= 11 is 0. The Morgan fingerprint density at radius 1 is 1.36 bits per heavy atom. The van der Waals surface area contributed by atoms with E-state index in [1.54, 1.807) is 30.3 Å². The maximum atomic E-state index is 12.2. The summed E-state index contributed by atoms with van der Waals surface area (Å²) in [7, 11) is 1.49. The number of hydrogen-bond donors (Lipinski definition) is 2. The van der Waals surface area contributed by atoms with E-state index >= 15 is 0 Å². The van der Waals surface area contributed by atoms with Crippen LogP contribution in [0.2, 0.25) is 0 Å². The molecule has 0 bridgehead atoms. The SMILES string of the molecule is COc1cccc(NC(=O)/C(C#N)=C\c2ccc(O)c([N+](=O)[O-])c2)c1. The van der Waals surface area contributed by atoms with Crippen molar-refractivity contribution in [1.82, 2.24) is 0 Å². The van der Waals surface area contributed by atoms with E-state index in [2.05, 4.69) is 5.32 Å².